The Hall–Kier alpha value is -1.50. The van der Waals surface area contributed by atoms with Gasteiger partial charge in [0.05, 0.1) is 0 Å². The zero-order valence-corrected chi connectivity index (χ0v) is 7.18. The van der Waals surface area contributed by atoms with Crippen molar-refractivity contribution in [2.75, 3.05) is 19.6 Å². The number of aliphatic carboxylic acids is 1. The van der Waals surface area contributed by atoms with Crippen molar-refractivity contribution >= 4 is 11.9 Å². The van der Waals surface area contributed by atoms with Crippen molar-refractivity contribution in [2.24, 2.45) is 16.8 Å². The lowest BCUT2D eigenvalue weighted by Gasteiger charge is -2.34. The normalized spacial score (nSPS) is 20.8. The fraction of sp³-hybridized carbons (Fsp3) is 0.667. The largest absolute Gasteiger partial charge is 0.480 e. The van der Waals surface area contributed by atoms with Gasteiger partial charge in [0, 0.05) is 13.1 Å². The van der Waals surface area contributed by atoms with E-state index in [2.05, 4.69) is 5.10 Å². The summed E-state index contributed by atoms with van der Waals surface area (Å²) in [6, 6.07) is 0. The van der Waals surface area contributed by atoms with Gasteiger partial charge in [0.1, 0.15) is 6.54 Å². The molecule has 0 radical (unpaired) electrons. The maximum atomic E-state index is 10.4. The van der Waals surface area contributed by atoms with Gasteiger partial charge in [-0.25, -0.2) is 5.84 Å². The number of rotatable bonds is 2. The first kappa shape index (κ1) is 9.59. The molecule has 0 bridgehead atoms. The fourth-order valence-corrected chi connectivity index (χ4v) is 1.28. The third-order valence-electron chi connectivity index (χ3n) is 1.81. The third-order valence-corrected chi connectivity index (χ3v) is 1.81. The van der Waals surface area contributed by atoms with E-state index in [0.29, 0.717) is 19.0 Å². The Kier molecular flexibility index (Phi) is 2.91. The van der Waals surface area contributed by atoms with E-state index in [1.165, 1.54) is 9.91 Å². The molecule has 1 fully saturated rings. The topological polar surface area (TPSA) is 108 Å². The van der Waals surface area contributed by atoms with E-state index in [4.69, 9.17) is 16.8 Å². The minimum absolute atomic E-state index is 0.121. The molecule has 0 saturated carbocycles. The van der Waals surface area contributed by atoms with Crippen molar-refractivity contribution in [1.82, 2.24) is 9.91 Å². The number of nitrogens with zero attached hydrogens (tertiary/aromatic N) is 3. The Labute approximate surface area is 75.5 Å². The molecule has 0 atom stereocenters. The molecule has 7 nitrogen and oxygen atoms in total. The first-order chi connectivity index (χ1) is 6.15. The van der Waals surface area contributed by atoms with Crippen molar-refractivity contribution in [3.8, 4) is 0 Å². The van der Waals surface area contributed by atoms with Crippen molar-refractivity contribution in [3.05, 3.63) is 0 Å². The summed E-state index contributed by atoms with van der Waals surface area (Å²) in [5.41, 5.74) is 0. The second kappa shape index (κ2) is 3.94. The first-order valence-corrected chi connectivity index (χ1v) is 3.92. The minimum atomic E-state index is -0.920. The summed E-state index contributed by atoms with van der Waals surface area (Å²) in [6.07, 6.45) is 0.808. The number of hydrogen-bond acceptors (Lipinski definition) is 4. The molecule has 0 aromatic rings. The Balaban J connectivity index is 2.65. The van der Waals surface area contributed by atoms with Crippen LogP contribution in [-0.2, 0) is 4.79 Å². The molecule has 13 heavy (non-hydrogen) atoms. The van der Waals surface area contributed by atoms with Gasteiger partial charge in [-0.2, -0.15) is 0 Å². The molecule has 0 spiro atoms. The number of carboxylic acids is 1. The number of hydrazone groups is 1. The summed E-state index contributed by atoms with van der Waals surface area (Å²) in [4.78, 5) is 12.0. The van der Waals surface area contributed by atoms with Crippen LogP contribution in [0.1, 0.15) is 6.42 Å². The van der Waals surface area contributed by atoms with E-state index in [9.17, 15) is 4.79 Å². The Morgan fingerprint density at radius 3 is 2.85 bits per heavy atom. The van der Waals surface area contributed by atoms with Gasteiger partial charge in [0.25, 0.3) is 0 Å². The molecule has 0 aromatic heterocycles. The van der Waals surface area contributed by atoms with Crippen LogP contribution in [-0.4, -0.2) is 46.6 Å². The molecule has 1 aliphatic rings. The molecule has 0 aliphatic carbocycles. The van der Waals surface area contributed by atoms with Crippen LogP contribution in [0, 0.1) is 0 Å². The summed E-state index contributed by atoms with van der Waals surface area (Å²) in [6.45, 7) is 1.14. The van der Waals surface area contributed by atoms with Gasteiger partial charge in [-0.1, -0.05) is 0 Å². The van der Waals surface area contributed by atoms with E-state index in [1.807, 2.05) is 0 Å². The third kappa shape index (κ3) is 2.22. The lowest BCUT2D eigenvalue weighted by Crippen LogP contribution is -2.55. The second-order valence-corrected chi connectivity index (χ2v) is 2.79. The monoisotopic (exact) mass is 187 g/mol. The highest BCUT2D eigenvalue weighted by molar-refractivity contribution is 5.83. The number of nitrogens with two attached hydrogens (primary N) is 2. The lowest BCUT2D eigenvalue weighted by atomic mass is 10.3. The van der Waals surface area contributed by atoms with Gasteiger partial charge in [-0.05, 0) is 6.42 Å². The lowest BCUT2D eigenvalue weighted by molar-refractivity contribution is -0.137. The maximum Gasteiger partial charge on any atom is 0.323 e. The van der Waals surface area contributed by atoms with Gasteiger partial charge in [0.2, 0.25) is 5.96 Å². The van der Waals surface area contributed by atoms with Crippen LogP contribution in [0.2, 0.25) is 0 Å². The number of carbonyl (C=O) groups is 1. The predicted octanol–water partition coefficient (Wildman–Crippen LogP) is -1.82. The zero-order valence-electron chi connectivity index (χ0n) is 7.18. The molecule has 1 heterocycles. The van der Waals surface area contributed by atoms with Gasteiger partial charge in [0.15, 0.2) is 0 Å². The Morgan fingerprint density at radius 1 is 1.62 bits per heavy atom. The number of hydrazine groups is 1. The highest BCUT2D eigenvalue weighted by atomic mass is 16.4. The second-order valence-electron chi connectivity index (χ2n) is 2.79. The molecule has 1 rings (SSSR count). The molecule has 1 saturated heterocycles. The van der Waals surface area contributed by atoms with E-state index in [1.54, 1.807) is 0 Å². The van der Waals surface area contributed by atoms with E-state index in [0.717, 1.165) is 6.42 Å². The van der Waals surface area contributed by atoms with Crippen LogP contribution in [0.25, 0.3) is 0 Å². The fourth-order valence-electron chi connectivity index (χ4n) is 1.28. The van der Waals surface area contributed by atoms with Gasteiger partial charge < -0.3 is 15.8 Å². The molecule has 0 aromatic carbocycles. The van der Waals surface area contributed by atoms with Gasteiger partial charge in [-0.3, -0.25) is 9.80 Å². The molecular weight excluding hydrogens is 174 g/mol. The quantitative estimate of drug-likeness (QED) is 0.347. The summed E-state index contributed by atoms with van der Waals surface area (Å²) in [5, 5.41) is 13.4. The number of carboxylic acid groups (broad SMARTS) is 1. The maximum absolute atomic E-state index is 10.4. The summed E-state index contributed by atoms with van der Waals surface area (Å²) in [5.74, 6) is 10.0. The van der Waals surface area contributed by atoms with Crippen LogP contribution in [0.5, 0.6) is 0 Å². The molecule has 7 heteroatoms. The average molecular weight is 187 g/mol. The number of hydrogen-bond donors (Lipinski definition) is 3. The molecule has 1 aliphatic heterocycles. The van der Waals surface area contributed by atoms with Crippen LogP contribution in [0.3, 0.4) is 0 Å². The molecule has 0 unspecified atom stereocenters. The molecule has 74 valence electrons. The van der Waals surface area contributed by atoms with E-state index >= 15 is 0 Å². The van der Waals surface area contributed by atoms with E-state index < -0.39 is 5.97 Å². The highest BCUT2D eigenvalue weighted by Crippen LogP contribution is 2.04. The summed E-state index contributed by atoms with van der Waals surface area (Å²) >= 11 is 0. The molecular formula is C6H13N5O2. The highest BCUT2D eigenvalue weighted by Gasteiger charge is 2.22. The van der Waals surface area contributed by atoms with Crippen molar-refractivity contribution in [3.63, 3.8) is 0 Å². The predicted molar refractivity (Wildman–Crippen MR) is 46.3 cm³/mol. The number of guanidine groups is 1. The van der Waals surface area contributed by atoms with Crippen LogP contribution in [0.15, 0.2) is 5.10 Å². The SMILES string of the molecule is NN=C1N(N)CCCN1CC(=O)O. The van der Waals surface area contributed by atoms with Crippen molar-refractivity contribution < 1.29 is 9.90 Å². The van der Waals surface area contributed by atoms with Gasteiger partial charge >= 0.3 is 5.97 Å². The summed E-state index contributed by atoms with van der Waals surface area (Å²) < 4.78 is 0. The van der Waals surface area contributed by atoms with Crippen LogP contribution >= 0.6 is 0 Å². The summed E-state index contributed by atoms with van der Waals surface area (Å²) in [7, 11) is 0. The smallest absolute Gasteiger partial charge is 0.323 e. The average Bonchev–Trinajstić information content (AvgIpc) is 2.03. The molecule has 5 N–H and O–H groups in total. The van der Waals surface area contributed by atoms with Gasteiger partial charge in [-0.15, -0.1) is 5.10 Å². The zero-order chi connectivity index (χ0) is 9.84. The first-order valence-electron chi connectivity index (χ1n) is 3.92. The van der Waals surface area contributed by atoms with E-state index in [-0.39, 0.29) is 6.54 Å². The molecule has 0 amide bonds. The van der Waals surface area contributed by atoms with Crippen LogP contribution < -0.4 is 11.7 Å². The van der Waals surface area contributed by atoms with Crippen molar-refractivity contribution in [2.45, 2.75) is 6.42 Å². The van der Waals surface area contributed by atoms with Crippen LogP contribution in [0.4, 0.5) is 0 Å². The Bertz CT molecular complexity index is 229. The minimum Gasteiger partial charge on any atom is -0.480 e. The Morgan fingerprint density at radius 2 is 2.31 bits per heavy atom. The van der Waals surface area contributed by atoms with Crippen molar-refractivity contribution in [1.29, 1.82) is 0 Å². The standard InChI is InChI=1S/C6H13N5O2/c7-9-6-10(4-5(12)13)2-1-3-11(6)8/h1-4,7-8H2,(H,12,13).